The van der Waals surface area contributed by atoms with E-state index in [0.29, 0.717) is 0 Å². The number of carbonyl (C=O) groups is 1. The Hall–Kier alpha value is -2.37. The lowest BCUT2D eigenvalue weighted by Crippen LogP contribution is -2.15. The molecule has 1 aromatic heterocycles. The average Bonchev–Trinajstić information content (AvgIpc) is 2.74. The van der Waals surface area contributed by atoms with E-state index in [2.05, 4.69) is 15.3 Å². The SMILES string of the molecule is Nc1c(F)cccc1C(=O)Nc1ncc[nH]1. The van der Waals surface area contributed by atoms with Gasteiger partial charge in [0.1, 0.15) is 5.82 Å². The molecule has 5 nitrogen and oxygen atoms in total. The van der Waals surface area contributed by atoms with Crippen LogP contribution in [0.3, 0.4) is 0 Å². The van der Waals surface area contributed by atoms with Crippen LogP contribution in [0.2, 0.25) is 0 Å². The number of aromatic amines is 1. The van der Waals surface area contributed by atoms with Gasteiger partial charge in [0.05, 0.1) is 11.3 Å². The molecule has 1 amide bonds. The maximum Gasteiger partial charge on any atom is 0.260 e. The number of nitrogens with two attached hydrogens (primary N) is 1. The minimum Gasteiger partial charge on any atom is -0.396 e. The van der Waals surface area contributed by atoms with Crippen molar-refractivity contribution in [1.82, 2.24) is 9.97 Å². The molecule has 0 saturated heterocycles. The lowest BCUT2D eigenvalue weighted by Gasteiger charge is -2.05. The van der Waals surface area contributed by atoms with E-state index in [1.54, 1.807) is 6.20 Å². The summed E-state index contributed by atoms with van der Waals surface area (Å²) >= 11 is 0. The van der Waals surface area contributed by atoms with Crippen molar-refractivity contribution >= 4 is 17.5 Å². The molecule has 1 heterocycles. The van der Waals surface area contributed by atoms with Crippen molar-refractivity contribution in [2.75, 3.05) is 11.1 Å². The van der Waals surface area contributed by atoms with E-state index in [9.17, 15) is 9.18 Å². The van der Waals surface area contributed by atoms with Crippen LogP contribution in [0.15, 0.2) is 30.6 Å². The summed E-state index contributed by atoms with van der Waals surface area (Å²) in [6, 6.07) is 4.05. The molecular weight excluding hydrogens is 211 g/mol. The zero-order valence-corrected chi connectivity index (χ0v) is 8.20. The van der Waals surface area contributed by atoms with Gasteiger partial charge in [0, 0.05) is 12.4 Å². The zero-order valence-electron chi connectivity index (χ0n) is 8.20. The van der Waals surface area contributed by atoms with Gasteiger partial charge in [0.25, 0.3) is 5.91 Å². The van der Waals surface area contributed by atoms with Crippen molar-refractivity contribution in [2.45, 2.75) is 0 Å². The molecule has 2 rings (SSSR count). The van der Waals surface area contributed by atoms with Crippen LogP contribution in [0.5, 0.6) is 0 Å². The average molecular weight is 220 g/mol. The first-order valence-electron chi connectivity index (χ1n) is 4.53. The molecule has 6 heteroatoms. The summed E-state index contributed by atoms with van der Waals surface area (Å²) in [6.07, 6.45) is 3.05. The molecule has 0 radical (unpaired) electrons. The minimum atomic E-state index is -0.618. The predicted molar refractivity (Wildman–Crippen MR) is 57.4 cm³/mol. The Morgan fingerprint density at radius 1 is 1.50 bits per heavy atom. The Labute approximate surface area is 90.5 Å². The molecule has 0 aliphatic carbocycles. The number of nitrogen functional groups attached to an aromatic ring is 1. The Kier molecular flexibility index (Phi) is 2.55. The molecule has 0 bridgehead atoms. The van der Waals surface area contributed by atoms with Gasteiger partial charge in [-0.1, -0.05) is 6.07 Å². The normalized spacial score (nSPS) is 10.1. The fourth-order valence-corrected chi connectivity index (χ4v) is 1.24. The van der Waals surface area contributed by atoms with Crippen molar-refractivity contribution in [3.05, 3.63) is 42.0 Å². The number of para-hydroxylation sites is 1. The number of rotatable bonds is 2. The molecule has 0 aliphatic rings. The Bertz CT molecular complexity index is 510. The summed E-state index contributed by atoms with van der Waals surface area (Å²) in [5.74, 6) is -0.840. The first kappa shape index (κ1) is 10.2. The van der Waals surface area contributed by atoms with Gasteiger partial charge in [-0.15, -0.1) is 0 Å². The topological polar surface area (TPSA) is 83.8 Å². The first-order chi connectivity index (χ1) is 7.68. The highest BCUT2D eigenvalue weighted by Crippen LogP contribution is 2.16. The number of nitrogens with one attached hydrogen (secondary N) is 2. The molecule has 0 atom stereocenters. The fourth-order valence-electron chi connectivity index (χ4n) is 1.24. The molecule has 0 unspecified atom stereocenters. The smallest absolute Gasteiger partial charge is 0.260 e. The van der Waals surface area contributed by atoms with Crippen LogP contribution < -0.4 is 11.1 Å². The van der Waals surface area contributed by atoms with Gasteiger partial charge < -0.3 is 10.7 Å². The molecule has 82 valence electrons. The summed E-state index contributed by atoms with van der Waals surface area (Å²) in [5.41, 5.74) is 5.35. The van der Waals surface area contributed by atoms with Crippen molar-refractivity contribution in [2.24, 2.45) is 0 Å². The van der Waals surface area contributed by atoms with Gasteiger partial charge in [0.15, 0.2) is 0 Å². The third-order valence-corrected chi connectivity index (χ3v) is 2.03. The zero-order chi connectivity index (χ0) is 11.5. The molecule has 1 aromatic carbocycles. The summed E-state index contributed by atoms with van der Waals surface area (Å²) in [6.45, 7) is 0. The van der Waals surface area contributed by atoms with Gasteiger partial charge in [-0.05, 0) is 12.1 Å². The lowest BCUT2D eigenvalue weighted by molar-refractivity contribution is 0.102. The number of aromatic nitrogens is 2. The van der Waals surface area contributed by atoms with Gasteiger partial charge in [-0.3, -0.25) is 10.1 Å². The quantitative estimate of drug-likeness (QED) is 0.668. The Morgan fingerprint density at radius 3 is 3.00 bits per heavy atom. The first-order valence-corrected chi connectivity index (χ1v) is 4.53. The second-order valence-corrected chi connectivity index (χ2v) is 3.09. The molecular formula is C10H9FN4O. The van der Waals surface area contributed by atoms with E-state index < -0.39 is 11.7 Å². The van der Waals surface area contributed by atoms with Crippen LogP contribution in [-0.2, 0) is 0 Å². The van der Waals surface area contributed by atoms with Crippen molar-refractivity contribution in [3.8, 4) is 0 Å². The second kappa shape index (κ2) is 4.01. The lowest BCUT2D eigenvalue weighted by atomic mass is 10.1. The summed E-state index contributed by atoms with van der Waals surface area (Å²) < 4.78 is 13.1. The van der Waals surface area contributed by atoms with Gasteiger partial charge >= 0.3 is 0 Å². The number of H-pyrrole nitrogens is 1. The maximum absolute atomic E-state index is 13.1. The number of benzene rings is 1. The highest BCUT2D eigenvalue weighted by molar-refractivity contribution is 6.06. The van der Waals surface area contributed by atoms with Gasteiger partial charge in [0.2, 0.25) is 5.95 Å². The molecule has 0 aliphatic heterocycles. The van der Waals surface area contributed by atoms with Crippen LogP contribution in [0, 0.1) is 5.82 Å². The third-order valence-electron chi connectivity index (χ3n) is 2.03. The van der Waals surface area contributed by atoms with E-state index in [4.69, 9.17) is 5.73 Å². The molecule has 0 saturated carbocycles. The van der Waals surface area contributed by atoms with E-state index in [0.717, 1.165) is 0 Å². The highest BCUT2D eigenvalue weighted by atomic mass is 19.1. The predicted octanol–water partition coefficient (Wildman–Crippen LogP) is 1.38. The van der Waals surface area contributed by atoms with Crippen LogP contribution in [0.25, 0.3) is 0 Å². The Balaban J connectivity index is 2.24. The number of imidazole rings is 1. The standard InChI is InChI=1S/C10H9FN4O/c11-7-3-1-2-6(8(7)12)9(16)15-10-13-4-5-14-10/h1-5H,12H2,(H2,13,14,15,16). The number of halogens is 1. The molecule has 16 heavy (non-hydrogen) atoms. The van der Waals surface area contributed by atoms with E-state index >= 15 is 0 Å². The van der Waals surface area contributed by atoms with Crippen LogP contribution >= 0.6 is 0 Å². The number of carbonyl (C=O) groups excluding carboxylic acids is 1. The second-order valence-electron chi connectivity index (χ2n) is 3.09. The molecule has 4 N–H and O–H groups in total. The number of anilines is 2. The highest BCUT2D eigenvalue weighted by Gasteiger charge is 2.13. The largest absolute Gasteiger partial charge is 0.396 e. The summed E-state index contributed by atoms with van der Waals surface area (Å²) in [5, 5.41) is 2.45. The number of nitrogens with zero attached hydrogens (tertiary/aromatic N) is 1. The molecule has 0 spiro atoms. The van der Waals surface area contributed by atoms with E-state index in [-0.39, 0.29) is 17.2 Å². The van der Waals surface area contributed by atoms with Crippen molar-refractivity contribution in [1.29, 1.82) is 0 Å². The van der Waals surface area contributed by atoms with Crippen molar-refractivity contribution in [3.63, 3.8) is 0 Å². The van der Waals surface area contributed by atoms with E-state index in [1.165, 1.54) is 24.4 Å². The number of hydrogen-bond acceptors (Lipinski definition) is 3. The third kappa shape index (κ3) is 1.85. The van der Waals surface area contributed by atoms with Crippen LogP contribution in [-0.4, -0.2) is 15.9 Å². The maximum atomic E-state index is 13.1. The number of hydrogen-bond donors (Lipinski definition) is 3. The summed E-state index contributed by atoms with van der Waals surface area (Å²) in [4.78, 5) is 18.2. The van der Waals surface area contributed by atoms with Crippen LogP contribution in [0.4, 0.5) is 16.0 Å². The van der Waals surface area contributed by atoms with Gasteiger partial charge in [-0.2, -0.15) is 0 Å². The monoisotopic (exact) mass is 220 g/mol. The van der Waals surface area contributed by atoms with Gasteiger partial charge in [-0.25, -0.2) is 9.37 Å². The Morgan fingerprint density at radius 2 is 2.31 bits per heavy atom. The minimum absolute atomic E-state index is 0.0800. The van der Waals surface area contributed by atoms with Crippen molar-refractivity contribution < 1.29 is 9.18 Å². The van der Waals surface area contributed by atoms with Crippen LogP contribution in [0.1, 0.15) is 10.4 Å². The van der Waals surface area contributed by atoms with E-state index in [1.807, 2.05) is 0 Å². The molecule has 0 fully saturated rings. The molecule has 2 aromatic rings. The number of amides is 1. The summed E-state index contributed by atoms with van der Waals surface area (Å²) in [7, 11) is 0. The fraction of sp³-hybridized carbons (Fsp3) is 0.